The summed E-state index contributed by atoms with van der Waals surface area (Å²) in [7, 11) is 2.13. The summed E-state index contributed by atoms with van der Waals surface area (Å²) in [4.78, 5) is 26.7. The Bertz CT molecular complexity index is 876. The summed E-state index contributed by atoms with van der Waals surface area (Å²) in [5.41, 5.74) is 2.73. The van der Waals surface area contributed by atoms with Gasteiger partial charge in [-0.1, -0.05) is 42.0 Å². The van der Waals surface area contributed by atoms with Crippen LogP contribution in [0, 0.1) is 6.92 Å². The van der Waals surface area contributed by atoms with Crippen molar-refractivity contribution in [2.45, 2.75) is 45.2 Å². The Morgan fingerprint density at radius 1 is 1.09 bits per heavy atom. The van der Waals surface area contributed by atoms with Gasteiger partial charge < -0.3 is 14.8 Å². The number of likely N-dealkylation sites (N-methyl/N-ethyl adjacent to an activating group) is 1. The van der Waals surface area contributed by atoms with Crippen molar-refractivity contribution in [2.75, 3.05) is 33.4 Å². The molecule has 6 nitrogen and oxygen atoms in total. The molecule has 0 atom stereocenters. The van der Waals surface area contributed by atoms with Gasteiger partial charge in [-0.3, -0.25) is 14.5 Å². The molecule has 1 aliphatic rings. The van der Waals surface area contributed by atoms with E-state index in [4.69, 9.17) is 9.47 Å². The second-order valence-corrected chi connectivity index (χ2v) is 8.39. The summed E-state index contributed by atoms with van der Waals surface area (Å²) in [6.07, 6.45) is 2.53. The predicted molar refractivity (Wildman–Crippen MR) is 125 cm³/mol. The second-order valence-electron chi connectivity index (χ2n) is 8.39. The minimum Gasteiger partial charge on any atom is -0.492 e. The largest absolute Gasteiger partial charge is 0.492 e. The maximum absolute atomic E-state index is 12.2. The van der Waals surface area contributed by atoms with Crippen molar-refractivity contribution in [1.29, 1.82) is 0 Å². The number of carbonyl (C=O) groups is 2. The van der Waals surface area contributed by atoms with Crippen LogP contribution >= 0.6 is 0 Å². The molecular formula is C26H34N2O4. The third-order valence-electron chi connectivity index (χ3n) is 5.87. The summed E-state index contributed by atoms with van der Waals surface area (Å²) in [5.74, 6) is 0.655. The molecule has 0 aliphatic carbocycles. The summed E-state index contributed by atoms with van der Waals surface area (Å²) >= 11 is 0. The number of ketones is 1. The van der Waals surface area contributed by atoms with E-state index in [0.29, 0.717) is 24.8 Å². The number of nitrogens with one attached hydrogen (secondary N) is 1. The van der Waals surface area contributed by atoms with Crippen molar-refractivity contribution in [2.24, 2.45) is 0 Å². The van der Waals surface area contributed by atoms with Gasteiger partial charge in [-0.2, -0.15) is 0 Å². The number of benzene rings is 2. The molecule has 6 heteroatoms. The van der Waals surface area contributed by atoms with E-state index in [1.807, 2.05) is 55.5 Å². The number of ether oxygens (including phenoxy) is 2. The van der Waals surface area contributed by atoms with Crippen LogP contribution in [0.4, 0.5) is 0 Å². The monoisotopic (exact) mass is 438 g/mol. The SMILES string of the molecule is Cc1ccc(C(=O)CCC(=O)NCc2cccc(OCCN(C)C3CCOCC3)c2)cc1. The standard InChI is InChI=1S/C26H34N2O4/c1-20-6-8-22(9-7-20)25(29)10-11-26(30)27-19-21-4-3-5-24(18-21)32-17-14-28(2)23-12-15-31-16-13-23/h3-9,18,23H,10-17,19H2,1-2H3,(H,27,30). The maximum atomic E-state index is 12.2. The van der Waals surface area contributed by atoms with Gasteiger partial charge in [0.2, 0.25) is 5.91 Å². The van der Waals surface area contributed by atoms with Crippen molar-refractivity contribution in [3.8, 4) is 5.75 Å². The highest BCUT2D eigenvalue weighted by Gasteiger charge is 2.18. The van der Waals surface area contributed by atoms with Crippen molar-refractivity contribution in [1.82, 2.24) is 10.2 Å². The minimum absolute atomic E-state index is 0.0127. The fourth-order valence-corrected chi connectivity index (χ4v) is 3.76. The van der Waals surface area contributed by atoms with Gasteiger partial charge in [-0.05, 0) is 44.5 Å². The zero-order chi connectivity index (χ0) is 22.8. The lowest BCUT2D eigenvalue weighted by molar-refractivity contribution is -0.121. The van der Waals surface area contributed by atoms with Crippen LogP contribution in [0.5, 0.6) is 5.75 Å². The zero-order valence-corrected chi connectivity index (χ0v) is 19.1. The molecule has 1 fully saturated rings. The molecule has 0 spiro atoms. The van der Waals surface area contributed by atoms with Crippen LogP contribution in [-0.4, -0.2) is 56.0 Å². The Hall–Kier alpha value is -2.70. The smallest absolute Gasteiger partial charge is 0.220 e. The first-order chi connectivity index (χ1) is 15.5. The minimum atomic E-state index is -0.130. The van der Waals surface area contributed by atoms with Crippen LogP contribution < -0.4 is 10.1 Å². The highest BCUT2D eigenvalue weighted by Crippen LogP contribution is 2.15. The highest BCUT2D eigenvalue weighted by atomic mass is 16.5. The molecule has 172 valence electrons. The third kappa shape index (κ3) is 7.77. The number of aryl methyl sites for hydroxylation is 1. The van der Waals surface area contributed by atoms with Crippen LogP contribution in [0.1, 0.15) is 47.2 Å². The van der Waals surface area contributed by atoms with Crippen LogP contribution in [0.25, 0.3) is 0 Å². The average Bonchev–Trinajstić information content (AvgIpc) is 2.82. The van der Waals surface area contributed by atoms with E-state index in [2.05, 4.69) is 17.3 Å². The Morgan fingerprint density at radius 2 is 1.84 bits per heavy atom. The molecule has 1 heterocycles. The van der Waals surface area contributed by atoms with E-state index in [0.717, 1.165) is 49.5 Å². The third-order valence-corrected chi connectivity index (χ3v) is 5.87. The van der Waals surface area contributed by atoms with Crippen LogP contribution in [0.2, 0.25) is 0 Å². The number of Topliss-reactive ketones (excluding diaryl/α,β-unsaturated/α-hetero) is 1. The molecule has 1 amide bonds. The second kappa shape index (κ2) is 12.4. The Labute approximate surface area is 190 Å². The predicted octanol–water partition coefficient (Wildman–Crippen LogP) is 3.76. The summed E-state index contributed by atoms with van der Waals surface area (Å²) in [6.45, 7) is 5.54. The number of amides is 1. The molecule has 0 radical (unpaired) electrons. The lowest BCUT2D eigenvalue weighted by Crippen LogP contribution is -2.38. The van der Waals surface area contributed by atoms with Crippen LogP contribution in [0.15, 0.2) is 48.5 Å². The fraction of sp³-hybridized carbons (Fsp3) is 0.462. The fourth-order valence-electron chi connectivity index (χ4n) is 3.76. The summed E-state index contributed by atoms with van der Waals surface area (Å²) < 4.78 is 11.3. The van der Waals surface area contributed by atoms with Crippen molar-refractivity contribution in [3.05, 3.63) is 65.2 Å². The molecule has 0 unspecified atom stereocenters. The summed E-state index contributed by atoms with van der Waals surface area (Å²) in [5, 5.41) is 2.89. The van der Waals surface area contributed by atoms with Crippen molar-refractivity contribution in [3.63, 3.8) is 0 Å². The first-order valence-corrected chi connectivity index (χ1v) is 11.4. The van der Waals surface area contributed by atoms with Crippen molar-refractivity contribution < 1.29 is 19.1 Å². The Kier molecular flexibility index (Phi) is 9.26. The first kappa shape index (κ1) is 24.0. The maximum Gasteiger partial charge on any atom is 0.220 e. The quantitative estimate of drug-likeness (QED) is 0.541. The van der Waals surface area contributed by atoms with Crippen molar-refractivity contribution >= 4 is 11.7 Å². The van der Waals surface area contributed by atoms with Gasteiger partial charge in [0.1, 0.15) is 12.4 Å². The van der Waals surface area contributed by atoms with Gasteiger partial charge in [0.15, 0.2) is 5.78 Å². The molecule has 1 saturated heterocycles. The molecule has 0 bridgehead atoms. The molecule has 2 aromatic rings. The zero-order valence-electron chi connectivity index (χ0n) is 19.1. The molecule has 1 N–H and O–H groups in total. The molecule has 0 saturated carbocycles. The lowest BCUT2D eigenvalue weighted by atomic mass is 10.0. The van der Waals surface area contributed by atoms with Crippen LogP contribution in [0.3, 0.4) is 0 Å². The molecule has 2 aromatic carbocycles. The first-order valence-electron chi connectivity index (χ1n) is 11.4. The number of nitrogens with zero attached hydrogens (tertiary/aromatic N) is 1. The molecular weight excluding hydrogens is 404 g/mol. The number of hydrogen-bond acceptors (Lipinski definition) is 5. The number of rotatable bonds is 11. The van der Waals surface area contributed by atoms with E-state index in [1.165, 1.54) is 0 Å². The highest BCUT2D eigenvalue weighted by molar-refractivity contribution is 5.97. The van der Waals surface area contributed by atoms with Gasteiger partial charge in [-0.25, -0.2) is 0 Å². The average molecular weight is 439 g/mol. The Balaban J connectivity index is 1.37. The van der Waals surface area contributed by atoms with Gasteiger partial charge in [0.05, 0.1) is 0 Å². The van der Waals surface area contributed by atoms with E-state index >= 15 is 0 Å². The van der Waals surface area contributed by atoms with Gasteiger partial charge >= 0.3 is 0 Å². The number of hydrogen-bond donors (Lipinski definition) is 1. The molecule has 1 aliphatic heterocycles. The van der Waals surface area contributed by atoms with Gasteiger partial charge in [-0.15, -0.1) is 0 Å². The van der Waals surface area contributed by atoms with E-state index in [9.17, 15) is 9.59 Å². The molecule has 0 aromatic heterocycles. The lowest BCUT2D eigenvalue weighted by Gasteiger charge is -2.31. The molecule has 3 rings (SSSR count). The summed E-state index contributed by atoms with van der Waals surface area (Å²) in [6, 6.07) is 15.8. The molecule has 32 heavy (non-hydrogen) atoms. The van der Waals surface area contributed by atoms with E-state index < -0.39 is 0 Å². The van der Waals surface area contributed by atoms with Gasteiger partial charge in [0.25, 0.3) is 0 Å². The normalized spacial score (nSPS) is 14.3. The topological polar surface area (TPSA) is 67.9 Å². The number of carbonyl (C=O) groups excluding carboxylic acids is 2. The van der Waals surface area contributed by atoms with E-state index in [1.54, 1.807) is 0 Å². The van der Waals surface area contributed by atoms with Crippen LogP contribution in [-0.2, 0) is 16.1 Å². The van der Waals surface area contributed by atoms with E-state index in [-0.39, 0.29) is 24.5 Å². The van der Waals surface area contributed by atoms with Gasteiger partial charge in [0, 0.05) is 50.8 Å². The Morgan fingerprint density at radius 3 is 2.59 bits per heavy atom.